The fourth-order valence-electron chi connectivity index (χ4n) is 1.84. The highest BCUT2D eigenvalue weighted by Gasteiger charge is 2.14. The average molecular weight is 296 g/mol. The second-order valence-electron chi connectivity index (χ2n) is 4.71. The number of halogens is 2. The van der Waals surface area contributed by atoms with Gasteiger partial charge in [-0.05, 0) is 30.7 Å². The molecule has 1 aromatic heterocycles. The van der Waals surface area contributed by atoms with Gasteiger partial charge in [-0.25, -0.2) is 8.78 Å². The Bertz CT molecular complexity index is 577. The summed E-state index contributed by atoms with van der Waals surface area (Å²) in [5.41, 5.74) is 0.546. The molecule has 0 saturated carbocycles. The molecule has 0 amide bonds. The van der Waals surface area contributed by atoms with Gasteiger partial charge in [-0.2, -0.15) is 0 Å². The molecular weight excluding hydrogens is 278 g/mol. The zero-order valence-corrected chi connectivity index (χ0v) is 12.1. The molecule has 0 bridgehead atoms. The molecule has 2 rings (SSSR count). The Morgan fingerprint density at radius 1 is 1.29 bits per heavy atom. The first-order chi connectivity index (χ1) is 10.1. The highest BCUT2D eigenvalue weighted by Crippen LogP contribution is 2.24. The van der Waals surface area contributed by atoms with E-state index in [1.165, 1.54) is 18.5 Å². The van der Waals surface area contributed by atoms with Crippen LogP contribution in [0.2, 0.25) is 0 Å². The summed E-state index contributed by atoms with van der Waals surface area (Å²) in [6, 6.07) is 2.55. The third-order valence-corrected chi connectivity index (χ3v) is 2.96. The van der Waals surface area contributed by atoms with Gasteiger partial charge < -0.3 is 14.6 Å². The number of nitrogens with zero attached hydrogens (tertiary/aromatic N) is 3. The molecule has 0 atom stereocenters. The first-order valence-corrected chi connectivity index (χ1v) is 6.76. The molecule has 0 saturated heterocycles. The molecule has 7 heteroatoms. The third kappa shape index (κ3) is 3.98. The smallest absolute Gasteiger partial charge is 0.191 e. The van der Waals surface area contributed by atoms with Gasteiger partial charge in [0.05, 0.1) is 0 Å². The largest absolute Gasteiger partial charge is 0.479 e. The molecule has 0 aliphatic heterocycles. The molecule has 0 unspecified atom stereocenters. The van der Waals surface area contributed by atoms with Gasteiger partial charge in [0.25, 0.3) is 0 Å². The molecule has 0 aliphatic carbocycles. The van der Waals surface area contributed by atoms with Crippen LogP contribution in [0, 0.1) is 11.6 Å². The van der Waals surface area contributed by atoms with Crippen LogP contribution in [0.15, 0.2) is 18.5 Å². The minimum Gasteiger partial charge on any atom is -0.479 e. The maximum Gasteiger partial charge on any atom is 0.191 e. The molecule has 1 heterocycles. The lowest BCUT2D eigenvalue weighted by molar-refractivity contribution is 0.262. The number of nitrogens with one attached hydrogen (secondary N) is 1. The Morgan fingerprint density at radius 3 is 2.57 bits per heavy atom. The molecule has 0 radical (unpaired) electrons. The predicted molar refractivity (Wildman–Crippen MR) is 73.7 cm³/mol. The van der Waals surface area contributed by atoms with Crippen molar-refractivity contribution in [1.82, 2.24) is 20.1 Å². The Hall–Kier alpha value is -2.02. The van der Waals surface area contributed by atoms with Crippen molar-refractivity contribution in [1.29, 1.82) is 0 Å². The molecule has 0 spiro atoms. The highest BCUT2D eigenvalue weighted by atomic mass is 19.1. The molecule has 5 nitrogen and oxygen atoms in total. The van der Waals surface area contributed by atoms with Gasteiger partial charge in [-0.1, -0.05) is 6.92 Å². The van der Waals surface area contributed by atoms with Gasteiger partial charge in [0.1, 0.15) is 12.9 Å². The van der Waals surface area contributed by atoms with Crippen molar-refractivity contribution in [2.75, 3.05) is 6.54 Å². The van der Waals surface area contributed by atoms with E-state index in [1.54, 1.807) is 11.6 Å². The molecule has 2 aromatic rings. The predicted octanol–water partition coefficient (Wildman–Crippen LogP) is 2.17. The van der Waals surface area contributed by atoms with Crippen LogP contribution in [-0.2, 0) is 20.2 Å². The summed E-state index contributed by atoms with van der Waals surface area (Å²) in [4.78, 5) is 0. The van der Waals surface area contributed by atoms with E-state index < -0.39 is 17.4 Å². The SMILES string of the molecule is CCCNCc1cc(F)c(OCc2nncn2C)c(F)c1. The van der Waals surface area contributed by atoms with Crippen molar-refractivity contribution in [2.24, 2.45) is 7.05 Å². The molecule has 0 aliphatic rings. The number of rotatable bonds is 7. The van der Waals surface area contributed by atoms with E-state index >= 15 is 0 Å². The summed E-state index contributed by atoms with van der Waals surface area (Å²) >= 11 is 0. The lowest BCUT2D eigenvalue weighted by Gasteiger charge is -2.10. The monoisotopic (exact) mass is 296 g/mol. The maximum absolute atomic E-state index is 13.9. The lowest BCUT2D eigenvalue weighted by Crippen LogP contribution is -2.14. The van der Waals surface area contributed by atoms with Crippen LogP contribution < -0.4 is 10.1 Å². The van der Waals surface area contributed by atoms with E-state index in [4.69, 9.17) is 4.74 Å². The number of hydrogen-bond acceptors (Lipinski definition) is 4. The van der Waals surface area contributed by atoms with Crippen molar-refractivity contribution in [2.45, 2.75) is 26.5 Å². The van der Waals surface area contributed by atoms with Crippen LogP contribution in [0.25, 0.3) is 0 Å². The Balaban J connectivity index is 2.04. The second-order valence-corrected chi connectivity index (χ2v) is 4.71. The number of hydrogen-bond donors (Lipinski definition) is 1. The first kappa shape index (κ1) is 15.4. The van der Waals surface area contributed by atoms with E-state index in [0.717, 1.165) is 13.0 Å². The Morgan fingerprint density at radius 2 is 2.00 bits per heavy atom. The molecular formula is C14H18F2N4O. The summed E-state index contributed by atoms with van der Waals surface area (Å²) in [6.45, 7) is 3.20. The van der Waals surface area contributed by atoms with E-state index in [9.17, 15) is 8.78 Å². The molecule has 21 heavy (non-hydrogen) atoms. The van der Waals surface area contributed by atoms with Gasteiger partial charge in [0, 0.05) is 13.6 Å². The van der Waals surface area contributed by atoms with Crippen molar-refractivity contribution in [3.63, 3.8) is 0 Å². The zero-order chi connectivity index (χ0) is 15.2. The lowest BCUT2D eigenvalue weighted by atomic mass is 10.2. The van der Waals surface area contributed by atoms with E-state index in [0.29, 0.717) is 17.9 Å². The average Bonchev–Trinajstić information content (AvgIpc) is 2.84. The first-order valence-electron chi connectivity index (χ1n) is 6.76. The summed E-state index contributed by atoms with van der Waals surface area (Å²) in [7, 11) is 1.73. The number of ether oxygens (including phenoxy) is 1. The van der Waals surface area contributed by atoms with Crippen LogP contribution in [-0.4, -0.2) is 21.3 Å². The van der Waals surface area contributed by atoms with E-state index in [1.807, 2.05) is 6.92 Å². The normalized spacial score (nSPS) is 10.9. The van der Waals surface area contributed by atoms with Crippen LogP contribution in [0.1, 0.15) is 24.7 Å². The number of benzene rings is 1. The fraction of sp³-hybridized carbons (Fsp3) is 0.429. The van der Waals surface area contributed by atoms with Crippen LogP contribution in [0.3, 0.4) is 0 Å². The molecule has 114 valence electrons. The molecule has 0 fully saturated rings. The van der Waals surface area contributed by atoms with Crippen LogP contribution in [0.5, 0.6) is 5.75 Å². The summed E-state index contributed by atoms with van der Waals surface area (Å²) in [5.74, 6) is -1.34. The minimum atomic E-state index is -0.717. The van der Waals surface area contributed by atoms with Crippen LogP contribution in [0.4, 0.5) is 8.78 Å². The quantitative estimate of drug-likeness (QED) is 0.796. The number of aryl methyl sites for hydroxylation is 1. The zero-order valence-electron chi connectivity index (χ0n) is 12.1. The van der Waals surface area contributed by atoms with Crippen molar-refractivity contribution in [3.8, 4) is 5.75 Å². The molecule has 1 aromatic carbocycles. The Labute approximate surface area is 121 Å². The summed E-state index contributed by atoms with van der Waals surface area (Å²) < 4.78 is 34.6. The van der Waals surface area contributed by atoms with Crippen molar-refractivity contribution >= 4 is 0 Å². The minimum absolute atomic E-state index is 0.0439. The van der Waals surface area contributed by atoms with Gasteiger partial charge >= 0.3 is 0 Å². The molecule has 1 N–H and O–H groups in total. The highest BCUT2D eigenvalue weighted by molar-refractivity contribution is 5.31. The maximum atomic E-state index is 13.9. The summed E-state index contributed by atoms with van der Waals surface area (Å²) in [5, 5.41) is 10.6. The van der Waals surface area contributed by atoms with Crippen molar-refractivity contribution < 1.29 is 13.5 Å². The summed E-state index contributed by atoms with van der Waals surface area (Å²) in [6.07, 6.45) is 2.46. The third-order valence-electron chi connectivity index (χ3n) is 2.96. The van der Waals surface area contributed by atoms with Gasteiger partial charge in [0.2, 0.25) is 0 Å². The van der Waals surface area contributed by atoms with E-state index in [2.05, 4.69) is 15.5 Å². The Kier molecular flexibility index (Phi) is 5.21. The van der Waals surface area contributed by atoms with Gasteiger partial charge in [-0.3, -0.25) is 0 Å². The van der Waals surface area contributed by atoms with Crippen LogP contribution >= 0.6 is 0 Å². The topological polar surface area (TPSA) is 52.0 Å². The number of aromatic nitrogens is 3. The van der Waals surface area contributed by atoms with Gasteiger partial charge in [0.15, 0.2) is 23.2 Å². The second kappa shape index (κ2) is 7.12. The standard InChI is InChI=1S/C14H18F2N4O/c1-3-4-17-7-10-5-11(15)14(12(16)6-10)21-8-13-19-18-9-20(13)2/h5-6,9,17H,3-4,7-8H2,1-2H3. The van der Waals surface area contributed by atoms with E-state index in [-0.39, 0.29) is 6.61 Å². The van der Waals surface area contributed by atoms with Gasteiger partial charge in [-0.15, -0.1) is 10.2 Å². The fourth-order valence-corrected chi connectivity index (χ4v) is 1.84. The van der Waals surface area contributed by atoms with Crippen molar-refractivity contribution in [3.05, 3.63) is 41.5 Å².